The summed E-state index contributed by atoms with van der Waals surface area (Å²) in [6.45, 7) is 1.70. The van der Waals surface area contributed by atoms with Crippen molar-refractivity contribution in [2.24, 2.45) is 10.8 Å². The number of carboxylic acids is 1. The number of β-lactam (4-membered cyclic amide) rings is 1. The lowest BCUT2D eigenvalue weighted by Crippen LogP contribution is -2.65. The number of aliphatic carboxylic acids is 1. The van der Waals surface area contributed by atoms with E-state index in [-0.39, 0.29) is 11.9 Å². The van der Waals surface area contributed by atoms with Crippen molar-refractivity contribution in [3.8, 4) is 0 Å². The Hall–Kier alpha value is -1.43. The summed E-state index contributed by atoms with van der Waals surface area (Å²) in [6.07, 6.45) is 0.667. The van der Waals surface area contributed by atoms with Gasteiger partial charge >= 0.3 is 5.97 Å². The van der Waals surface area contributed by atoms with Crippen LogP contribution in [0.15, 0.2) is 5.10 Å². The van der Waals surface area contributed by atoms with Crippen LogP contribution in [0.5, 0.6) is 0 Å². The Bertz CT molecular complexity index is 250. The molecule has 0 saturated carbocycles. The molecule has 66 valence electrons. The van der Waals surface area contributed by atoms with Crippen LogP contribution in [-0.2, 0) is 9.59 Å². The molecule has 2 atom stereocenters. The van der Waals surface area contributed by atoms with E-state index in [1.54, 1.807) is 6.92 Å². The summed E-state index contributed by atoms with van der Waals surface area (Å²) >= 11 is 0. The number of hydrogen-bond acceptors (Lipinski definition) is 4. The van der Waals surface area contributed by atoms with Crippen molar-refractivity contribution in [1.82, 2.24) is 5.01 Å². The van der Waals surface area contributed by atoms with Gasteiger partial charge in [0.25, 0.3) is 5.91 Å². The normalized spacial score (nSPS) is 29.2. The quantitative estimate of drug-likeness (QED) is 0.395. The highest BCUT2D eigenvalue weighted by Crippen LogP contribution is 2.16. The van der Waals surface area contributed by atoms with Crippen LogP contribution in [-0.4, -0.2) is 40.3 Å². The molecule has 12 heavy (non-hydrogen) atoms. The predicted molar refractivity (Wildman–Crippen MR) is 40.4 cm³/mol. The number of hydrazone groups is 1. The smallest absolute Gasteiger partial charge is 0.348 e. The van der Waals surface area contributed by atoms with Gasteiger partial charge in [0, 0.05) is 0 Å². The third kappa shape index (κ3) is 1.28. The monoisotopic (exact) mass is 171 g/mol. The van der Waals surface area contributed by atoms with Gasteiger partial charge in [-0.05, 0) is 6.92 Å². The van der Waals surface area contributed by atoms with Gasteiger partial charge in [0.15, 0.2) is 0 Å². The molecule has 3 N–H and O–H groups in total. The first-order valence-corrected chi connectivity index (χ1v) is 3.39. The molecule has 1 aliphatic rings. The molecule has 0 bridgehead atoms. The number of rotatable bonds is 2. The fraction of sp³-hybridized carbons (Fsp3) is 0.500. The SMILES string of the molecule is C[C@H]1[C@H](N)C(=O)N1N=CC(=O)O. The summed E-state index contributed by atoms with van der Waals surface area (Å²) in [7, 11) is 0. The van der Waals surface area contributed by atoms with Gasteiger partial charge in [-0.15, -0.1) is 0 Å². The van der Waals surface area contributed by atoms with Gasteiger partial charge in [0.2, 0.25) is 0 Å². The zero-order valence-corrected chi connectivity index (χ0v) is 6.47. The van der Waals surface area contributed by atoms with Crippen LogP contribution in [0.4, 0.5) is 0 Å². The van der Waals surface area contributed by atoms with Gasteiger partial charge in [0.1, 0.15) is 12.3 Å². The molecular weight excluding hydrogens is 162 g/mol. The first-order chi connectivity index (χ1) is 5.54. The zero-order chi connectivity index (χ0) is 9.30. The third-order valence-electron chi connectivity index (χ3n) is 1.71. The molecule has 0 radical (unpaired) electrons. The molecule has 0 aliphatic carbocycles. The molecule has 1 rings (SSSR count). The van der Waals surface area contributed by atoms with Gasteiger partial charge < -0.3 is 10.8 Å². The van der Waals surface area contributed by atoms with Gasteiger partial charge in [-0.25, -0.2) is 9.80 Å². The summed E-state index contributed by atoms with van der Waals surface area (Å²) in [5.41, 5.74) is 5.35. The van der Waals surface area contributed by atoms with E-state index in [0.717, 1.165) is 5.01 Å². The Labute approximate surface area is 68.6 Å². The van der Waals surface area contributed by atoms with Crippen molar-refractivity contribution in [3.05, 3.63) is 0 Å². The fourth-order valence-corrected chi connectivity index (χ4v) is 0.903. The average molecular weight is 171 g/mol. The van der Waals surface area contributed by atoms with E-state index in [9.17, 15) is 9.59 Å². The molecule has 1 amide bonds. The average Bonchev–Trinajstić information content (AvgIpc) is 2.03. The van der Waals surface area contributed by atoms with Crippen molar-refractivity contribution in [1.29, 1.82) is 0 Å². The Balaban J connectivity index is 2.56. The minimum atomic E-state index is -1.18. The minimum absolute atomic E-state index is 0.215. The topological polar surface area (TPSA) is 96.0 Å². The van der Waals surface area contributed by atoms with Crippen molar-refractivity contribution in [3.63, 3.8) is 0 Å². The molecule has 1 heterocycles. The van der Waals surface area contributed by atoms with E-state index in [0.29, 0.717) is 6.21 Å². The Morgan fingerprint density at radius 1 is 1.83 bits per heavy atom. The van der Waals surface area contributed by atoms with E-state index in [4.69, 9.17) is 10.8 Å². The molecule has 0 spiro atoms. The summed E-state index contributed by atoms with van der Waals surface area (Å²) in [6, 6.07) is -0.760. The highest BCUT2D eigenvalue weighted by molar-refractivity contribution is 6.22. The fourth-order valence-electron chi connectivity index (χ4n) is 0.903. The highest BCUT2D eigenvalue weighted by atomic mass is 16.4. The number of carbonyl (C=O) groups excluding carboxylic acids is 1. The summed E-state index contributed by atoms with van der Waals surface area (Å²) < 4.78 is 0. The summed E-state index contributed by atoms with van der Waals surface area (Å²) in [4.78, 5) is 20.9. The molecule has 0 aromatic carbocycles. The molecule has 0 aromatic rings. The van der Waals surface area contributed by atoms with E-state index < -0.39 is 12.0 Å². The number of amides is 1. The Morgan fingerprint density at radius 3 is 2.83 bits per heavy atom. The van der Waals surface area contributed by atoms with Crippen LogP contribution in [0.25, 0.3) is 0 Å². The van der Waals surface area contributed by atoms with E-state index in [1.807, 2.05) is 0 Å². The molecule has 1 aliphatic heterocycles. The zero-order valence-electron chi connectivity index (χ0n) is 6.47. The first-order valence-electron chi connectivity index (χ1n) is 3.39. The number of carboxylic acid groups (broad SMARTS) is 1. The van der Waals surface area contributed by atoms with Crippen LogP contribution >= 0.6 is 0 Å². The van der Waals surface area contributed by atoms with Gasteiger partial charge in [0.05, 0.1) is 6.04 Å². The number of nitrogens with zero attached hydrogens (tertiary/aromatic N) is 2. The summed E-state index contributed by atoms with van der Waals surface area (Å²) in [5.74, 6) is -1.53. The maximum absolute atomic E-state index is 10.9. The maximum atomic E-state index is 10.9. The number of nitrogens with two attached hydrogens (primary N) is 1. The maximum Gasteiger partial charge on any atom is 0.348 e. The second-order valence-corrected chi connectivity index (χ2v) is 2.53. The van der Waals surface area contributed by atoms with Crippen LogP contribution in [0.1, 0.15) is 6.92 Å². The third-order valence-corrected chi connectivity index (χ3v) is 1.71. The lowest BCUT2D eigenvalue weighted by Gasteiger charge is -2.38. The molecule has 0 unspecified atom stereocenters. The van der Waals surface area contributed by atoms with Crippen molar-refractivity contribution < 1.29 is 14.7 Å². The van der Waals surface area contributed by atoms with Crippen molar-refractivity contribution >= 4 is 18.1 Å². The highest BCUT2D eigenvalue weighted by Gasteiger charge is 2.41. The van der Waals surface area contributed by atoms with Crippen LogP contribution in [0, 0.1) is 0 Å². The van der Waals surface area contributed by atoms with Crippen LogP contribution < -0.4 is 5.73 Å². The summed E-state index contributed by atoms with van der Waals surface area (Å²) in [5, 5.41) is 12.7. The minimum Gasteiger partial charge on any atom is -0.477 e. The number of hydrogen-bond donors (Lipinski definition) is 2. The largest absolute Gasteiger partial charge is 0.477 e. The van der Waals surface area contributed by atoms with Gasteiger partial charge in [-0.3, -0.25) is 4.79 Å². The van der Waals surface area contributed by atoms with Crippen LogP contribution in [0.3, 0.4) is 0 Å². The van der Waals surface area contributed by atoms with Crippen molar-refractivity contribution in [2.45, 2.75) is 19.0 Å². The first kappa shape index (κ1) is 8.66. The van der Waals surface area contributed by atoms with E-state index in [1.165, 1.54) is 0 Å². The second kappa shape index (κ2) is 2.90. The molecular formula is C6H9N3O3. The lowest BCUT2D eigenvalue weighted by atomic mass is 10.0. The van der Waals surface area contributed by atoms with E-state index in [2.05, 4.69) is 5.10 Å². The molecule has 6 heteroatoms. The predicted octanol–water partition coefficient (Wildman–Crippen LogP) is -1.39. The van der Waals surface area contributed by atoms with Crippen LogP contribution in [0.2, 0.25) is 0 Å². The Kier molecular flexibility index (Phi) is 2.09. The number of carbonyl (C=O) groups is 2. The van der Waals surface area contributed by atoms with Crippen molar-refractivity contribution in [2.75, 3.05) is 0 Å². The van der Waals surface area contributed by atoms with Gasteiger partial charge in [-0.2, -0.15) is 5.10 Å². The molecule has 6 nitrogen and oxygen atoms in total. The Morgan fingerprint density at radius 2 is 2.42 bits per heavy atom. The lowest BCUT2D eigenvalue weighted by molar-refractivity contribution is -0.148. The van der Waals surface area contributed by atoms with Gasteiger partial charge in [-0.1, -0.05) is 0 Å². The molecule has 0 aromatic heterocycles. The molecule has 1 saturated heterocycles. The second-order valence-electron chi connectivity index (χ2n) is 2.53. The molecule has 1 fully saturated rings. The van der Waals surface area contributed by atoms with E-state index >= 15 is 0 Å². The standard InChI is InChI=1S/C6H9N3O3/c1-3-5(7)6(12)9(3)8-2-4(10)11/h2-3,5H,7H2,1H3,(H,10,11)/t3-,5-/m0/s1.